The Bertz CT molecular complexity index is 788. The standard InChI is InChI=1S/C17H13BrClNO4/c1-23-16(21)17(22,10-18)15-7-6-14(8-11(15)9-20)24-13-4-2-12(19)3-5-13/h2-8,22H,10H2,1H3. The first kappa shape index (κ1) is 18.3. The van der Waals surface area contributed by atoms with E-state index in [9.17, 15) is 15.2 Å². The molecule has 1 atom stereocenters. The number of carbonyl (C=O) groups excluding carboxylic acids is 1. The predicted octanol–water partition coefficient (Wildman–Crippen LogP) is 3.76. The zero-order valence-electron chi connectivity index (χ0n) is 12.6. The van der Waals surface area contributed by atoms with Gasteiger partial charge in [0.05, 0.1) is 18.7 Å². The molecule has 124 valence electrons. The summed E-state index contributed by atoms with van der Waals surface area (Å²) < 4.78 is 10.3. The number of aliphatic hydroxyl groups is 1. The van der Waals surface area contributed by atoms with E-state index in [4.69, 9.17) is 16.3 Å². The highest BCUT2D eigenvalue weighted by Crippen LogP contribution is 2.32. The highest BCUT2D eigenvalue weighted by atomic mass is 79.9. The molecule has 0 fully saturated rings. The highest BCUT2D eigenvalue weighted by Gasteiger charge is 2.40. The maximum atomic E-state index is 11.9. The topological polar surface area (TPSA) is 79.6 Å². The molecule has 24 heavy (non-hydrogen) atoms. The Morgan fingerprint density at radius 2 is 1.92 bits per heavy atom. The fraction of sp³-hybridized carbons (Fsp3) is 0.176. The molecule has 0 amide bonds. The van der Waals surface area contributed by atoms with Crippen LogP contribution in [0.4, 0.5) is 0 Å². The number of hydrogen-bond acceptors (Lipinski definition) is 5. The number of nitrogens with zero attached hydrogens (tertiary/aromatic N) is 1. The van der Waals surface area contributed by atoms with Gasteiger partial charge in [-0.05, 0) is 36.4 Å². The molecule has 0 heterocycles. The van der Waals surface area contributed by atoms with Crippen molar-refractivity contribution in [2.75, 3.05) is 12.4 Å². The molecule has 0 aromatic heterocycles. The van der Waals surface area contributed by atoms with Crippen LogP contribution in [0.5, 0.6) is 11.5 Å². The average Bonchev–Trinajstić information content (AvgIpc) is 2.62. The molecule has 0 aliphatic carbocycles. The normalized spacial score (nSPS) is 12.8. The second-order valence-corrected chi connectivity index (χ2v) is 5.86. The molecule has 7 heteroatoms. The van der Waals surface area contributed by atoms with Crippen molar-refractivity contribution in [3.05, 3.63) is 58.6 Å². The maximum absolute atomic E-state index is 11.9. The second-order valence-electron chi connectivity index (χ2n) is 4.86. The number of ether oxygens (including phenoxy) is 2. The molecule has 5 nitrogen and oxygen atoms in total. The van der Waals surface area contributed by atoms with E-state index in [-0.39, 0.29) is 16.5 Å². The Morgan fingerprint density at radius 3 is 2.46 bits per heavy atom. The van der Waals surface area contributed by atoms with Crippen molar-refractivity contribution in [1.82, 2.24) is 0 Å². The molecular formula is C17H13BrClNO4. The van der Waals surface area contributed by atoms with Gasteiger partial charge in [0.25, 0.3) is 0 Å². The zero-order valence-corrected chi connectivity index (χ0v) is 15.0. The first-order valence-corrected chi connectivity index (χ1v) is 8.29. The van der Waals surface area contributed by atoms with E-state index < -0.39 is 11.6 Å². The lowest BCUT2D eigenvalue weighted by atomic mass is 9.91. The van der Waals surface area contributed by atoms with E-state index in [1.807, 2.05) is 6.07 Å². The number of esters is 1. The highest BCUT2D eigenvalue weighted by molar-refractivity contribution is 9.09. The molecule has 0 spiro atoms. The Hall–Kier alpha value is -2.07. The summed E-state index contributed by atoms with van der Waals surface area (Å²) in [7, 11) is 1.17. The minimum absolute atomic E-state index is 0.105. The number of alkyl halides is 1. The molecule has 0 radical (unpaired) electrons. The Balaban J connectivity index is 2.39. The zero-order chi connectivity index (χ0) is 17.7. The van der Waals surface area contributed by atoms with Crippen molar-refractivity contribution in [2.24, 2.45) is 0 Å². The number of rotatable bonds is 5. The molecule has 0 saturated carbocycles. The molecule has 0 aliphatic heterocycles. The van der Waals surface area contributed by atoms with E-state index >= 15 is 0 Å². The summed E-state index contributed by atoms with van der Waals surface area (Å²) in [5, 5.41) is 20.4. The number of hydrogen-bond donors (Lipinski definition) is 1. The van der Waals surface area contributed by atoms with Crippen LogP contribution in [0, 0.1) is 11.3 Å². The number of nitriles is 1. The fourth-order valence-electron chi connectivity index (χ4n) is 2.08. The van der Waals surface area contributed by atoms with Gasteiger partial charge in [-0.15, -0.1) is 0 Å². The molecule has 1 unspecified atom stereocenters. The van der Waals surface area contributed by atoms with Gasteiger partial charge in [0.15, 0.2) is 5.60 Å². The second kappa shape index (κ2) is 7.67. The van der Waals surface area contributed by atoms with Crippen LogP contribution in [0.2, 0.25) is 5.02 Å². The van der Waals surface area contributed by atoms with Gasteiger partial charge in [-0.25, -0.2) is 4.79 Å². The number of carbonyl (C=O) groups is 1. The molecule has 0 saturated heterocycles. The van der Waals surface area contributed by atoms with E-state index in [0.717, 1.165) is 0 Å². The van der Waals surface area contributed by atoms with Crippen LogP contribution in [0.15, 0.2) is 42.5 Å². The third-order valence-electron chi connectivity index (χ3n) is 3.32. The van der Waals surface area contributed by atoms with Crippen LogP contribution in [0.25, 0.3) is 0 Å². The molecule has 2 aromatic carbocycles. The summed E-state index contributed by atoms with van der Waals surface area (Å²) >= 11 is 8.91. The number of benzene rings is 2. The summed E-state index contributed by atoms with van der Waals surface area (Å²) in [6.07, 6.45) is 0. The van der Waals surface area contributed by atoms with Crippen LogP contribution in [-0.2, 0) is 15.1 Å². The van der Waals surface area contributed by atoms with Crippen molar-refractivity contribution in [3.8, 4) is 17.6 Å². The number of methoxy groups -OCH3 is 1. The quantitative estimate of drug-likeness (QED) is 0.600. The average molecular weight is 411 g/mol. The molecule has 1 N–H and O–H groups in total. The van der Waals surface area contributed by atoms with Crippen LogP contribution < -0.4 is 4.74 Å². The van der Waals surface area contributed by atoms with Crippen LogP contribution in [0.3, 0.4) is 0 Å². The third-order valence-corrected chi connectivity index (χ3v) is 4.39. The lowest BCUT2D eigenvalue weighted by molar-refractivity contribution is -0.160. The maximum Gasteiger partial charge on any atom is 0.343 e. The van der Waals surface area contributed by atoms with Gasteiger partial charge in [-0.2, -0.15) is 5.26 Å². The van der Waals surface area contributed by atoms with Crippen molar-refractivity contribution >= 4 is 33.5 Å². The monoisotopic (exact) mass is 409 g/mol. The predicted molar refractivity (Wildman–Crippen MR) is 92.4 cm³/mol. The first-order valence-electron chi connectivity index (χ1n) is 6.79. The molecule has 0 bridgehead atoms. The summed E-state index contributed by atoms with van der Waals surface area (Å²) in [5.41, 5.74) is -1.72. The summed E-state index contributed by atoms with van der Waals surface area (Å²) in [5.74, 6) is 0.0708. The van der Waals surface area contributed by atoms with Crippen LogP contribution in [0.1, 0.15) is 11.1 Å². The number of halogens is 2. The molecule has 2 aromatic rings. The minimum atomic E-state index is -1.96. The van der Waals surface area contributed by atoms with E-state index in [1.165, 1.54) is 19.2 Å². The van der Waals surface area contributed by atoms with Gasteiger partial charge in [-0.3, -0.25) is 0 Å². The molecule has 0 aliphatic rings. The van der Waals surface area contributed by atoms with Gasteiger partial charge in [-0.1, -0.05) is 33.6 Å². The fourth-order valence-corrected chi connectivity index (χ4v) is 2.74. The van der Waals surface area contributed by atoms with Gasteiger partial charge in [0.2, 0.25) is 0 Å². The van der Waals surface area contributed by atoms with Gasteiger partial charge >= 0.3 is 5.97 Å². The van der Waals surface area contributed by atoms with E-state index in [1.54, 1.807) is 30.3 Å². The summed E-state index contributed by atoms with van der Waals surface area (Å²) in [6, 6.07) is 13.2. The van der Waals surface area contributed by atoms with Crippen LogP contribution >= 0.6 is 27.5 Å². The lowest BCUT2D eigenvalue weighted by Gasteiger charge is -2.24. The SMILES string of the molecule is COC(=O)C(O)(CBr)c1ccc(Oc2ccc(Cl)cc2)cc1C#N. The minimum Gasteiger partial charge on any atom is -0.467 e. The largest absolute Gasteiger partial charge is 0.467 e. The van der Waals surface area contributed by atoms with E-state index in [2.05, 4.69) is 20.7 Å². The summed E-state index contributed by atoms with van der Waals surface area (Å²) in [6.45, 7) is 0. The van der Waals surface area contributed by atoms with E-state index in [0.29, 0.717) is 16.5 Å². The smallest absolute Gasteiger partial charge is 0.343 e. The summed E-state index contributed by atoms with van der Waals surface area (Å²) in [4.78, 5) is 11.9. The Kier molecular flexibility index (Phi) is 5.84. The van der Waals surface area contributed by atoms with Gasteiger partial charge in [0, 0.05) is 15.9 Å². The van der Waals surface area contributed by atoms with Gasteiger partial charge < -0.3 is 14.6 Å². The molecular weight excluding hydrogens is 398 g/mol. The molecule has 2 rings (SSSR count). The Morgan fingerprint density at radius 1 is 1.29 bits per heavy atom. The first-order chi connectivity index (χ1) is 11.4. The Labute approximate surface area is 152 Å². The van der Waals surface area contributed by atoms with Crippen LogP contribution in [-0.4, -0.2) is 23.5 Å². The van der Waals surface area contributed by atoms with Gasteiger partial charge in [0.1, 0.15) is 11.5 Å². The van der Waals surface area contributed by atoms with Crippen molar-refractivity contribution in [2.45, 2.75) is 5.60 Å². The lowest BCUT2D eigenvalue weighted by Crippen LogP contribution is -2.39. The third kappa shape index (κ3) is 3.70. The van der Waals surface area contributed by atoms with Crippen molar-refractivity contribution < 1.29 is 19.4 Å². The van der Waals surface area contributed by atoms with Crippen molar-refractivity contribution in [3.63, 3.8) is 0 Å². The van der Waals surface area contributed by atoms with Crippen molar-refractivity contribution in [1.29, 1.82) is 5.26 Å².